The minimum absolute atomic E-state index is 0.0282. The third-order valence-corrected chi connectivity index (χ3v) is 9.06. The molecule has 0 aliphatic heterocycles. The number of Topliss-reactive ketones (excluding diaryl/α,β-unsaturated/α-hetero) is 3. The molecule has 0 aliphatic carbocycles. The van der Waals surface area contributed by atoms with Crippen LogP contribution in [0.15, 0.2) is 30.3 Å². The van der Waals surface area contributed by atoms with E-state index in [4.69, 9.17) is 24.1 Å². The van der Waals surface area contributed by atoms with Gasteiger partial charge in [-0.25, -0.2) is 4.39 Å². The van der Waals surface area contributed by atoms with Crippen LogP contribution in [0.1, 0.15) is 58.9 Å². The molecule has 1 atom stereocenters. The summed E-state index contributed by atoms with van der Waals surface area (Å²) >= 11 is 2.39. The van der Waals surface area contributed by atoms with Crippen molar-refractivity contribution in [3.05, 3.63) is 45.9 Å². The third-order valence-electron chi connectivity index (χ3n) is 6.80. The van der Waals surface area contributed by atoms with Crippen LogP contribution < -0.4 is 18.9 Å². The predicted octanol–water partition coefficient (Wildman–Crippen LogP) is 6.97. The molecule has 0 bridgehead atoms. The van der Waals surface area contributed by atoms with Crippen molar-refractivity contribution in [1.29, 1.82) is 0 Å². The summed E-state index contributed by atoms with van der Waals surface area (Å²) in [7, 11) is 2.91. The number of carbonyl (C=O) groups excluding carboxylic acids is 3. The van der Waals surface area contributed by atoms with Gasteiger partial charge in [0.15, 0.2) is 40.4 Å². The highest BCUT2D eigenvalue weighted by Crippen LogP contribution is 2.41. The Hall–Kier alpha value is -4.03. The number of methoxy groups -OCH3 is 2. The van der Waals surface area contributed by atoms with E-state index in [2.05, 4.69) is 0 Å². The van der Waals surface area contributed by atoms with E-state index in [-0.39, 0.29) is 77.5 Å². The molecule has 228 valence electrons. The fraction of sp³-hybridized carbons (Fsp3) is 0.355. The standard InChI is InChI=1S/C31H31FO9S2/c1-16(17(2)33)10-21(35)27-12-18-11-22(38-3)23(14-25(18)42-27)40-8-5-9-41-31-24(39-4)15-26-19(30(31)32)13-28(43-26)20(34)6-7-29(36)37/h11-16H,5-10H2,1-4H3,(H,36,37)/t16-/m0/s1. The number of ether oxygens (including phenoxy) is 4. The highest BCUT2D eigenvalue weighted by atomic mass is 32.1. The molecule has 12 heteroatoms. The van der Waals surface area contributed by atoms with Crippen LogP contribution in [0, 0.1) is 11.7 Å². The summed E-state index contributed by atoms with van der Waals surface area (Å²) < 4.78 is 39.2. The maximum atomic E-state index is 15.4. The van der Waals surface area contributed by atoms with Gasteiger partial charge in [0.05, 0.1) is 43.6 Å². The van der Waals surface area contributed by atoms with Gasteiger partial charge in [-0.3, -0.25) is 19.2 Å². The number of hydrogen-bond acceptors (Lipinski definition) is 10. The van der Waals surface area contributed by atoms with Gasteiger partial charge in [0.2, 0.25) is 0 Å². The first-order chi connectivity index (χ1) is 20.5. The maximum absolute atomic E-state index is 15.4. The van der Waals surface area contributed by atoms with E-state index in [9.17, 15) is 19.2 Å². The Morgan fingerprint density at radius 3 is 2.16 bits per heavy atom. The number of ketones is 3. The second-order valence-electron chi connectivity index (χ2n) is 9.90. The minimum Gasteiger partial charge on any atom is -0.493 e. The van der Waals surface area contributed by atoms with Crippen molar-refractivity contribution >= 4 is 66.2 Å². The average molecular weight is 631 g/mol. The molecule has 0 unspecified atom stereocenters. The first-order valence-electron chi connectivity index (χ1n) is 13.5. The fourth-order valence-corrected chi connectivity index (χ4v) is 6.34. The summed E-state index contributed by atoms with van der Waals surface area (Å²) in [6.07, 6.45) is 0.0692. The summed E-state index contributed by atoms with van der Waals surface area (Å²) in [5.74, 6) is -1.53. The number of hydrogen-bond donors (Lipinski definition) is 1. The van der Waals surface area contributed by atoms with Crippen molar-refractivity contribution in [3.8, 4) is 23.0 Å². The van der Waals surface area contributed by atoms with E-state index < -0.39 is 11.8 Å². The topological polar surface area (TPSA) is 125 Å². The lowest BCUT2D eigenvalue weighted by atomic mass is 10.0. The lowest BCUT2D eigenvalue weighted by molar-refractivity contribution is -0.137. The second-order valence-corrected chi connectivity index (χ2v) is 12.1. The van der Waals surface area contributed by atoms with Crippen LogP contribution >= 0.6 is 22.7 Å². The summed E-state index contributed by atoms with van der Waals surface area (Å²) in [6, 6.07) is 8.37. The van der Waals surface area contributed by atoms with Gasteiger partial charge in [-0.05, 0) is 30.5 Å². The Labute approximate surface area is 255 Å². The van der Waals surface area contributed by atoms with Crippen LogP contribution in [0.5, 0.6) is 23.0 Å². The zero-order valence-electron chi connectivity index (χ0n) is 24.1. The Bertz CT molecular complexity index is 1690. The number of carboxylic acids is 1. The van der Waals surface area contributed by atoms with Crippen LogP contribution in [0.2, 0.25) is 0 Å². The van der Waals surface area contributed by atoms with E-state index in [0.29, 0.717) is 27.5 Å². The Kier molecular flexibility index (Phi) is 10.4. The zero-order chi connectivity index (χ0) is 31.3. The highest BCUT2D eigenvalue weighted by Gasteiger charge is 2.21. The number of halogens is 1. The lowest BCUT2D eigenvalue weighted by Gasteiger charge is -2.13. The van der Waals surface area contributed by atoms with Gasteiger partial charge in [-0.15, -0.1) is 22.7 Å². The van der Waals surface area contributed by atoms with Crippen molar-refractivity contribution in [1.82, 2.24) is 0 Å². The van der Waals surface area contributed by atoms with Gasteiger partial charge < -0.3 is 24.1 Å². The molecule has 2 aromatic carbocycles. The van der Waals surface area contributed by atoms with Gasteiger partial charge in [0.1, 0.15) is 5.78 Å². The number of carboxylic acid groups (broad SMARTS) is 1. The molecule has 0 radical (unpaired) electrons. The van der Waals surface area contributed by atoms with Crippen molar-refractivity contribution in [3.63, 3.8) is 0 Å². The first-order valence-corrected chi connectivity index (χ1v) is 15.1. The largest absolute Gasteiger partial charge is 0.493 e. The Morgan fingerprint density at radius 2 is 1.49 bits per heavy atom. The number of thiophene rings is 2. The van der Waals surface area contributed by atoms with E-state index in [1.54, 1.807) is 31.2 Å². The quantitative estimate of drug-likeness (QED) is 0.103. The van der Waals surface area contributed by atoms with E-state index >= 15 is 4.39 Å². The van der Waals surface area contributed by atoms with Crippen LogP contribution in [0.3, 0.4) is 0 Å². The van der Waals surface area contributed by atoms with Gasteiger partial charge in [0, 0.05) is 52.1 Å². The molecule has 4 aromatic rings. The minimum atomic E-state index is -1.08. The maximum Gasteiger partial charge on any atom is 0.303 e. The molecule has 0 saturated carbocycles. The molecule has 0 amide bonds. The molecule has 4 rings (SSSR count). The SMILES string of the molecule is COc1cc2cc(C(=O)C[C@H](C)C(C)=O)sc2cc1OCCCOc1c(OC)cc2sc(C(=O)CCC(=O)O)cc2c1F. The number of benzene rings is 2. The smallest absolute Gasteiger partial charge is 0.303 e. The average Bonchev–Trinajstić information content (AvgIpc) is 3.60. The monoisotopic (exact) mass is 630 g/mol. The molecule has 0 fully saturated rings. The van der Waals surface area contributed by atoms with Crippen molar-refractivity contribution in [2.45, 2.75) is 39.5 Å². The number of rotatable bonds is 16. The van der Waals surface area contributed by atoms with Crippen LogP contribution in [-0.2, 0) is 9.59 Å². The van der Waals surface area contributed by atoms with Crippen molar-refractivity contribution in [2.75, 3.05) is 27.4 Å². The van der Waals surface area contributed by atoms with E-state index in [1.807, 2.05) is 0 Å². The Morgan fingerprint density at radius 1 is 0.837 bits per heavy atom. The van der Waals surface area contributed by atoms with Gasteiger partial charge in [-0.2, -0.15) is 0 Å². The third kappa shape index (κ3) is 7.49. The molecular formula is C31H31FO9S2. The summed E-state index contributed by atoms with van der Waals surface area (Å²) in [6.45, 7) is 3.54. The molecule has 0 spiro atoms. The second kappa shape index (κ2) is 14.0. The number of fused-ring (bicyclic) bond motifs is 2. The van der Waals surface area contributed by atoms with Gasteiger partial charge in [-0.1, -0.05) is 6.92 Å². The summed E-state index contributed by atoms with van der Waals surface area (Å²) in [5, 5.41) is 9.85. The fourth-order valence-electron chi connectivity index (χ4n) is 4.26. The predicted molar refractivity (Wildman–Crippen MR) is 162 cm³/mol. The van der Waals surface area contributed by atoms with Crippen LogP contribution in [0.4, 0.5) is 4.39 Å². The molecular weight excluding hydrogens is 599 g/mol. The highest BCUT2D eigenvalue weighted by molar-refractivity contribution is 7.21. The normalized spacial score (nSPS) is 11.8. The van der Waals surface area contributed by atoms with E-state index in [1.165, 1.54) is 38.5 Å². The van der Waals surface area contributed by atoms with Crippen LogP contribution in [0.25, 0.3) is 20.2 Å². The molecule has 2 aromatic heterocycles. The molecule has 9 nitrogen and oxygen atoms in total. The lowest BCUT2D eigenvalue weighted by Crippen LogP contribution is -2.11. The molecule has 1 N–H and O–H groups in total. The van der Waals surface area contributed by atoms with Gasteiger partial charge >= 0.3 is 5.97 Å². The molecule has 43 heavy (non-hydrogen) atoms. The summed E-state index contributed by atoms with van der Waals surface area (Å²) in [4.78, 5) is 48.2. The molecule has 0 aliphatic rings. The van der Waals surface area contributed by atoms with E-state index in [0.717, 1.165) is 21.4 Å². The molecule has 0 saturated heterocycles. The molecule has 2 heterocycles. The number of aliphatic carboxylic acids is 1. The number of carbonyl (C=O) groups is 4. The van der Waals surface area contributed by atoms with Crippen molar-refractivity contribution in [2.24, 2.45) is 5.92 Å². The zero-order valence-corrected chi connectivity index (χ0v) is 25.7. The van der Waals surface area contributed by atoms with Crippen LogP contribution in [-0.4, -0.2) is 55.9 Å². The summed E-state index contributed by atoms with van der Waals surface area (Å²) in [5.41, 5.74) is 0. The Balaban J connectivity index is 1.40. The van der Waals surface area contributed by atoms with Crippen molar-refractivity contribution < 1.29 is 47.6 Å². The first kappa shape index (κ1) is 31.9. The van der Waals surface area contributed by atoms with Gasteiger partial charge in [0.25, 0.3) is 0 Å².